The van der Waals surface area contributed by atoms with E-state index in [4.69, 9.17) is 0 Å². The van der Waals surface area contributed by atoms with E-state index in [0.717, 1.165) is 12.5 Å². The molecule has 1 heteroatoms. The molecule has 1 nitrogen and oxygen atoms in total. The molecule has 86 valence electrons. The van der Waals surface area contributed by atoms with Gasteiger partial charge < -0.3 is 5.32 Å². The first-order chi connectivity index (χ1) is 6.66. The predicted octanol–water partition coefficient (Wildman–Crippen LogP) is 3.84. The van der Waals surface area contributed by atoms with Gasteiger partial charge in [-0.1, -0.05) is 47.5 Å². The van der Waals surface area contributed by atoms with E-state index >= 15 is 0 Å². The van der Waals surface area contributed by atoms with Crippen LogP contribution in [0, 0.1) is 11.3 Å². The van der Waals surface area contributed by atoms with Crippen molar-refractivity contribution in [1.29, 1.82) is 0 Å². The molecule has 0 heterocycles. The van der Waals surface area contributed by atoms with Crippen molar-refractivity contribution in [2.24, 2.45) is 11.3 Å². The molecule has 0 bridgehead atoms. The van der Waals surface area contributed by atoms with Gasteiger partial charge in [0.2, 0.25) is 0 Å². The monoisotopic (exact) mass is 199 g/mol. The van der Waals surface area contributed by atoms with E-state index < -0.39 is 0 Å². The fourth-order valence-electron chi connectivity index (χ4n) is 2.48. The minimum atomic E-state index is 0.534. The Morgan fingerprint density at radius 3 is 2.00 bits per heavy atom. The first-order valence-electron chi connectivity index (χ1n) is 6.37. The highest BCUT2D eigenvalue weighted by Gasteiger charge is 2.31. The van der Waals surface area contributed by atoms with Crippen LogP contribution in [0.25, 0.3) is 0 Å². The summed E-state index contributed by atoms with van der Waals surface area (Å²) in [4.78, 5) is 0. The second-order valence-corrected chi connectivity index (χ2v) is 4.54. The van der Waals surface area contributed by atoms with Crippen molar-refractivity contribution in [3.05, 3.63) is 0 Å². The average molecular weight is 199 g/mol. The van der Waals surface area contributed by atoms with E-state index in [-0.39, 0.29) is 0 Å². The van der Waals surface area contributed by atoms with Crippen LogP contribution in [-0.2, 0) is 0 Å². The molecule has 0 saturated heterocycles. The molecule has 0 amide bonds. The first kappa shape index (κ1) is 14.0. The van der Waals surface area contributed by atoms with Crippen molar-refractivity contribution in [2.45, 2.75) is 60.3 Å². The van der Waals surface area contributed by atoms with Crippen molar-refractivity contribution < 1.29 is 0 Å². The van der Waals surface area contributed by atoms with E-state index in [9.17, 15) is 0 Å². The minimum Gasteiger partial charge on any atom is -0.316 e. The van der Waals surface area contributed by atoms with Crippen LogP contribution in [0.15, 0.2) is 0 Å². The molecule has 0 aromatic carbocycles. The van der Waals surface area contributed by atoms with Gasteiger partial charge in [-0.2, -0.15) is 0 Å². The Morgan fingerprint density at radius 1 is 1.07 bits per heavy atom. The number of hydrogen-bond donors (Lipinski definition) is 1. The Bertz CT molecular complexity index is 127. The van der Waals surface area contributed by atoms with Gasteiger partial charge in [0.1, 0.15) is 0 Å². The highest BCUT2D eigenvalue weighted by molar-refractivity contribution is 4.83. The van der Waals surface area contributed by atoms with E-state index in [2.05, 4.69) is 39.9 Å². The second kappa shape index (κ2) is 7.28. The molecule has 1 unspecified atom stereocenters. The van der Waals surface area contributed by atoms with Gasteiger partial charge >= 0.3 is 0 Å². The molecule has 0 saturated carbocycles. The third-order valence-electron chi connectivity index (χ3n) is 3.90. The zero-order chi connectivity index (χ0) is 11.0. The lowest BCUT2D eigenvalue weighted by molar-refractivity contribution is 0.143. The van der Waals surface area contributed by atoms with Crippen molar-refractivity contribution >= 4 is 0 Å². The van der Waals surface area contributed by atoms with Crippen LogP contribution < -0.4 is 5.32 Å². The van der Waals surface area contributed by atoms with E-state index in [1.807, 2.05) is 0 Å². The fourth-order valence-corrected chi connectivity index (χ4v) is 2.48. The standard InChI is InChI=1S/C13H29N/c1-6-10-12(5)13(7-2,8-3)11-14-9-4/h12,14H,6-11H2,1-5H3. The topological polar surface area (TPSA) is 12.0 Å². The van der Waals surface area contributed by atoms with Gasteiger partial charge in [0, 0.05) is 6.54 Å². The zero-order valence-corrected chi connectivity index (χ0v) is 10.8. The molecule has 1 atom stereocenters. The Balaban J connectivity index is 4.33. The summed E-state index contributed by atoms with van der Waals surface area (Å²) in [6.07, 6.45) is 5.29. The van der Waals surface area contributed by atoms with Gasteiger partial charge in [0.05, 0.1) is 0 Å². The van der Waals surface area contributed by atoms with E-state index in [1.165, 1.54) is 32.2 Å². The Hall–Kier alpha value is -0.0400. The average Bonchev–Trinajstić information content (AvgIpc) is 2.21. The van der Waals surface area contributed by atoms with Gasteiger partial charge in [-0.25, -0.2) is 0 Å². The molecular weight excluding hydrogens is 170 g/mol. The van der Waals surface area contributed by atoms with Crippen LogP contribution in [0.4, 0.5) is 0 Å². The highest BCUT2D eigenvalue weighted by Crippen LogP contribution is 2.37. The van der Waals surface area contributed by atoms with Crippen LogP contribution in [0.1, 0.15) is 60.3 Å². The van der Waals surface area contributed by atoms with Crippen LogP contribution in [0.2, 0.25) is 0 Å². The second-order valence-electron chi connectivity index (χ2n) is 4.54. The number of hydrogen-bond acceptors (Lipinski definition) is 1. The van der Waals surface area contributed by atoms with Crippen molar-refractivity contribution in [3.63, 3.8) is 0 Å². The molecule has 0 rings (SSSR count). The summed E-state index contributed by atoms with van der Waals surface area (Å²) < 4.78 is 0. The summed E-state index contributed by atoms with van der Waals surface area (Å²) in [6, 6.07) is 0. The molecule has 0 aromatic heterocycles. The van der Waals surface area contributed by atoms with Crippen LogP contribution >= 0.6 is 0 Å². The molecule has 0 aliphatic heterocycles. The van der Waals surface area contributed by atoms with E-state index in [1.54, 1.807) is 0 Å². The van der Waals surface area contributed by atoms with Crippen molar-refractivity contribution in [2.75, 3.05) is 13.1 Å². The number of rotatable bonds is 8. The fraction of sp³-hybridized carbons (Fsp3) is 1.00. The SMILES string of the molecule is CCCC(C)C(CC)(CC)CNCC. The quantitative estimate of drug-likeness (QED) is 0.626. The van der Waals surface area contributed by atoms with E-state index in [0.29, 0.717) is 5.41 Å². The molecular formula is C13H29N. The maximum atomic E-state index is 3.53. The summed E-state index contributed by atoms with van der Waals surface area (Å²) in [7, 11) is 0. The molecule has 1 N–H and O–H groups in total. The first-order valence-corrected chi connectivity index (χ1v) is 6.37. The van der Waals surface area contributed by atoms with Gasteiger partial charge in [-0.3, -0.25) is 0 Å². The Labute approximate surface area is 90.7 Å². The van der Waals surface area contributed by atoms with Gasteiger partial charge in [0.25, 0.3) is 0 Å². The third-order valence-corrected chi connectivity index (χ3v) is 3.90. The summed E-state index contributed by atoms with van der Waals surface area (Å²) in [5.41, 5.74) is 0.534. The maximum absolute atomic E-state index is 3.53. The summed E-state index contributed by atoms with van der Waals surface area (Å²) in [6.45, 7) is 13.9. The number of nitrogens with one attached hydrogen (secondary N) is 1. The van der Waals surface area contributed by atoms with Crippen LogP contribution in [0.5, 0.6) is 0 Å². The maximum Gasteiger partial charge on any atom is 0.00100 e. The lowest BCUT2D eigenvalue weighted by Crippen LogP contribution is -2.38. The van der Waals surface area contributed by atoms with Crippen LogP contribution in [-0.4, -0.2) is 13.1 Å². The predicted molar refractivity (Wildman–Crippen MR) is 65.6 cm³/mol. The summed E-state index contributed by atoms with van der Waals surface area (Å²) in [5.74, 6) is 0.849. The lowest BCUT2D eigenvalue weighted by Gasteiger charge is -2.38. The van der Waals surface area contributed by atoms with Crippen molar-refractivity contribution in [1.82, 2.24) is 5.32 Å². The van der Waals surface area contributed by atoms with Gasteiger partial charge in [0.15, 0.2) is 0 Å². The molecule has 0 aliphatic carbocycles. The zero-order valence-electron chi connectivity index (χ0n) is 10.8. The summed E-state index contributed by atoms with van der Waals surface area (Å²) in [5, 5.41) is 3.53. The highest BCUT2D eigenvalue weighted by atomic mass is 14.9. The van der Waals surface area contributed by atoms with Crippen molar-refractivity contribution in [3.8, 4) is 0 Å². The lowest BCUT2D eigenvalue weighted by atomic mass is 9.70. The van der Waals surface area contributed by atoms with Gasteiger partial charge in [-0.15, -0.1) is 0 Å². The molecule has 0 aliphatic rings. The van der Waals surface area contributed by atoms with Crippen LogP contribution in [0.3, 0.4) is 0 Å². The molecule has 0 fully saturated rings. The molecule has 0 radical (unpaired) electrons. The summed E-state index contributed by atoms with van der Waals surface area (Å²) >= 11 is 0. The molecule has 0 aromatic rings. The molecule has 14 heavy (non-hydrogen) atoms. The Morgan fingerprint density at radius 2 is 1.64 bits per heavy atom. The largest absolute Gasteiger partial charge is 0.316 e. The molecule has 0 spiro atoms. The smallest absolute Gasteiger partial charge is 0.00100 e. The third kappa shape index (κ3) is 3.61. The van der Waals surface area contributed by atoms with Gasteiger partial charge in [-0.05, 0) is 30.7 Å². The minimum absolute atomic E-state index is 0.534. The normalized spacial score (nSPS) is 14.4. The Kier molecular flexibility index (Phi) is 7.26.